The SMILES string of the molecule is CC(C)(C)OC(=O)C(OC(=O)N[C@H](CCC(=O)O)C(=O)O)c1ccccc1N([O-])O. The number of anilines is 1. The van der Waals surface area contributed by atoms with Gasteiger partial charge in [-0.15, -0.1) is 0 Å². The molecule has 1 amide bonds. The third-order valence-electron chi connectivity index (χ3n) is 3.51. The van der Waals surface area contributed by atoms with Gasteiger partial charge in [0.15, 0.2) is 0 Å². The molecular formula is C18H23N2O10-. The third kappa shape index (κ3) is 7.93. The first-order valence-corrected chi connectivity index (χ1v) is 8.71. The molecule has 12 heteroatoms. The van der Waals surface area contributed by atoms with Gasteiger partial charge in [-0.3, -0.25) is 10.0 Å². The van der Waals surface area contributed by atoms with Crippen molar-refractivity contribution >= 4 is 29.7 Å². The second-order valence-electron chi connectivity index (χ2n) is 7.12. The van der Waals surface area contributed by atoms with Crippen LogP contribution in [0.2, 0.25) is 0 Å². The molecule has 4 N–H and O–H groups in total. The summed E-state index contributed by atoms with van der Waals surface area (Å²) in [5.74, 6) is -3.86. The minimum absolute atomic E-state index is 0.211. The first kappa shape index (κ1) is 24.7. The lowest BCUT2D eigenvalue weighted by Crippen LogP contribution is -2.42. The Morgan fingerprint density at radius 3 is 2.27 bits per heavy atom. The highest BCUT2D eigenvalue weighted by Crippen LogP contribution is 2.30. The number of rotatable bonds is 9. The molecule has 2 atom stereocenters. The van der Waals surface area contributed by atoms with Gasteiger partial charge in [0.2, 0.25) is 6.10 Å². The molecule has 0 heterocycles. The fourth-order valence-corrected chi connectivity index (χ4v) is 2.29. The summed E-state index contributed by atoms with van der Waals surface area (Å²) in [4.78, 5) is 46.7. The predicted molar refractivity (Wildman–Crippen MR) is 101 cm³/mol. The zero-order chi connectivity index (χ0) is 23.1. The Balaban J connectivity index is 3.14. The van der Waals surface area contributed by atoms with Gasteiger partial charge < -0.3 is 35.4 Å². The molecule has 0 aliphatic rings. The molecular weight excluding hydrogens is 404 g/mol. The Hall–Kier alpha value is -3.38. The summed E-state index contributed by atoms with van der Waals surface area (Å²) in [5, 5.41) is 39.9. The van der Waals surface area contributed by atoms with Crippen molar-refractivity contribution in [2.75, 3.05) is 5.23 Å². The molecule has 30 heavy (non-hydrogen) atoms. The number of carboxylic acid groups (broad SMARTS) is 2. The van der Waals surface area contributed by atoms with Crippen LogP contribution in [-0.2, 0) is 23.9 Å². The molecule has 1 unspecified atom stereocenters. The van der Waals surface area contributed by atoms with E-state index in [0.717, 1.165) is 6.07 Å². The van der Waals surface area contributed by atoms with Crippen LogP contribution < -0.4 is 10.5 Å². The van der Waals surface area contributed by atoms with Crippen LogP contribution in [-0.4, -0.2) is 51.1 Å². The standard InChI is InChI=1S/C18H23N2O10/c1-18(2,3)30-16(25)14(10-6-4-5-7-12(10)20(27)28)29-17(26)19-11(15(23)24)8-9-13(21)22/h4-7,11,14,27H,8-9H2,1-3H3,(H,19,26)(H,21,22)(H,23,24)/q-1/t11-,14?/m1/s1. The Kier molecular flexibility index (Phi) is 8.56. The molecule has 0 radical (unpaired) electrons. The molecule has 0 saturated carbocycles. The summed E-state index contributed by atoms with van der Waals surface area (Å²) >= 11 is 0. The van der Waals surface area contributed by atoms with Gasteiger partial charge >= 0.3 is 24.0 Å². The Morgan fingerprint density at radius 1 is 1.17 bits per heavy atom. The lowest BCUT2D eigenvalue weighted by Gasteiger charge is -2.29. The van der Waals surface area contributed by atoms with E-state index in [4.69, 9.17) is 19.7 Å². The third-order valence-corrected chi connectivity index (χ3v) is 3.51. The van der Waals surface area contributed by atoms with E-state index in [0.29, 0.717) is 0 Å². The Bertz CT molecular complexity index is 787. The number of alkyl carbamates (subject to hydrolysis) is 1. The zero-order valence-corrected chi connectivity index (χ0v) is 16.5. The van der Waals surface area contributed by atoms with E-state index in [1.807, 2.05) is 5.32 Å². The fraction of sp³-hybridized carbons (Fsp3) is 0.444. The van der Waals surface area contributed by atoms with E-state index in [1.165, 1.54) is 18.2 Å². The largest absolute Gasteiger partial charge is 0.733 e. The highest BCUT2D eigenvalue weighted by Gasteiger charge is 2.33. The number of benzene rings is 1. The van der Waals surface area contributed by atoms with Gasteiger partial charge in [0, 0.05) is 12.0 Å². The average molecular weight is 427 g/mol. The summed E-state index contributed by atoms with van der Waals surface area (Å²) in [7, 11) is 0. The topological polar surface area (TPSA) is 186 Å². The van der Waals surface area contributed by atoms with Crippen molar-refractivity contribution in [2.24, 2.45) is 0 Å². The van der Waals surface area contributed by atoms with E-state index in [1.54, 1.807) is 20.8 Å². The number of aliphatic carboxylic acids is 2. The number of para-hydroxylation sites is 1. The molecule has 0 saturated heterocycles. The van der Waals surface area contributed by atoms with Crippen molar-refractivity contribution in [1.82, 2.24) is 5.32 Å². The van der Waals surface area contributed by atoms with E-state index in [9.17, 15) is 29.6 Å². The molecule has 0 spiro atoms. The highest BCUT2D eigenvalue weighted by molar-refractivity contribution is 5.85. The normalized spacial score (nSPS) is 13.0. The lowest BCUT2D eigenvalue weighted by molar-refractivity contribution is -0.165. The van der Waals surface area contributed by atoms with E-state index in [-0.39, 0.29) is 5.56 Å². The summed E-state index contributed by atoms with van der Waals surface area (Å²) < 4.78 is 10.2. The number of carbonyl (C=O) groups excluding carboxylic acids is 2. The predicted octanol–water partition coefficient (Wildman–Crippen LogP) is 1.81. The minimum Gasteiger partial charge on any atom is -0.733 e. The fourth-order valence-electron chi connectivity index (χ4n) is 2.29. The van der Waals surface area contributed by atoms with Crippen LogP contribution in [0.15, 0.2) is 24.3 Å². The summed E-state index contributed by atoms with van der Waals surface area (Å²) in [5.41, 5.74) is -1.61. The van der Waals surface area contributed by atoms with Gasteiger partial charge in [0.25, 0.3) is 0 Å². The first-order valence-electron chi connectivity index (χ1n) is 8.71. The monoisotopic (exact) mass is 427 g/mol. The van der Waals surface area contributed by atoms with E-state index >= 15 is 0 Å². The van der Waals surface area contributed by atoms with E-state index in [2.05, 4.69) is 0 Å². The van der Waals surface area contributed by atoms with Crippen LogP contribution in [0.4, 0.5) is 10.5 Å². The number of ether oxygens (including phenoxy) is 2. The van der Waals surface area contributed by atoms with Crippen LogP contribution in [0.3, 0.4) is 0 Å². The second-order valence-corrected chi connectivity index (χ2v) is 7.12. The van der Waals surface area contributed by atoms with Gasteiger partial charge in [-0.25, -0.2) is 14.4 Å². The highest BCUT2D eigenvalue weighted by atomic mass is 16.8. The smallest absolute Gasteiger partial charge is 0.409 e. The Labute approximate surface area is 171 Å². The lowest BCUT2D eigenvalue weighted by atomic mass is 10.1. The van der Waals surface area contributed by atoms with Crippen LogP contribution in [0.25, 0.3) is 0 Å². The van der Waals surface area contributed by atoms with Crippen molar-refractivity contribution in [1.29, 1.82) is 0 Å². The molecule has 1 aromatic rings. The maximum absolute atomic E-state index is 12.6. The maximum atomic E-state index is 12.6. The van der Waals surface area contributed by atoms with Crippen molar-refractivity contribution < 1.29 is 44.1 Å². The number of nitrogens with one attached hydrogen (secondary N) is 1. The number of hydrogen-bond donors (Lipinski definition) is 4. The summed E-state index contributed by atoms with van der Waals surface area (Å²) in [6.45, 7) is 4.64. The average Bonchev–Trinajstić information content (AvgIpc) is 2.61. The van der Waals surface area contributed by atoms with Crippen LogP contribution in [0.5, 0.6) is 0 Å². The zero-order valence-electron chi connectivity index (χ0n) is 16.5. The first-order chi connectivity index (χ1) is 13.8. The van der Waals surface area contributed by atoms with Gasteiger partial charge in [0.1, 0.15) is 11.6 Å². The molecule has 0 aliphatic carbocycles. The van der Waals surface area contributed by atoms with Crippen molar-refractivity contribution in [3.05, 3.63) is 35.0 Å². The van der Waals surface area contributed by atoms with Crippen LogP contribution >= 0.6 is 0 Å². The molecule has 1 aromatic carbocycles. The number of carbonyl (C=O) groups is 4. The number of amides is 1. The quantitative estimate of drug-likeness (QED) is 0.332. The molecule has 0 aromatic heterocycles. The van der Waals surface area contributed by atoms with Crippen LogP contribution in [0, 0.1) is 5.21 Å². The minimum atomic E-state index is -1.82. The molecule has 0 bridgehead atoms. The maximum Gasteiger partial charge on any atom is 0.409 e. The molecule has 0 fully saturated rings. The second kappa shape index (κ2) is 10.4. The van der Waals surface area contributed by atoms with Crippen molar-refractivity contribution in [3.8, 4) is 0 Å². The van der Waals surface area contributed by atoms with Gasteiger partial charge in [0.05, 0.1) is 5.69 Å². The number of nitrogens with zero attached hydrogens (tertiary/aromatic N) is 1. The number of carboxylic acids is 2. The molecule has 1 rings (SSSR count). The van der Waals surface area contributed by atoms with E-state index < -0.39 is 65.5 Å². The molecule has 12 nitrogen and oxygen atoms in total. The summed E-state index contributed by atoms with van der Waals surface area (Å²) in [6, 6.07) is 3.59. The van der Waals surface area contributed by atoms with Gasteiger partial charge in [-0.1, -0.05) is 18.2 Å². The van der Waals surface area contributed by atoms with Crippen molar-refractivity contribution in [3.63, 3.8) is 0 Å². The molecule has 0 aliphatic heterocycles. The van der Waals surface area contributed by atoms with Crippen LogP contribution in [0.1, 0.15) is 45.3 Å². The van der Waals surface area contributed by atoms with Crippen molar-refractivity contribution in [2.45, 2.75) is 51.4 Å². The van der Waals surface area contributed by atoms with Gasteiger partial charge in [-0.2, -0.15) is 0 Å². The summed E-state index contributed by atoms with van der Waals surface area (Å²) in [6.07, 6.45) is -4.16. The number of esters is 1. The molecule has 166 valence electrons. The number of hydrogen-bond acceptors (Lipinski definition) is 9. The Morgan fingerprint density at radius 2 is 1.77 bits per heavy atom. The van der Waals surface area contributed by atoms with Gasteiger partial charge in [-0.05, 0) is 33.3 Å².